The number of nitrogens with one attached hydrogen (secondary N) is 1. The normalized spacial score (nSPS) is 10.3. The Morgan fingerprint density at radius 1 is 1.58 bits per heavy atom. The Kier molecular flexibility index (Phi) is 5.90. The van der Waals surface area contributed by atoms with Crippen molar-refractivity contribution in [3.8, 4) is 0 Å². The number of hydrazine groups is 1. The number of nitro groups is 1. The van der Waals surface area contributed by atoms with Crippen molar-refractivity contribution in [1.29, 1.82) is 0 Å². The number of hydrogen-bond acceptors (Lipinski definition) is 8. The van der Waals surface area contributed by atoms with Gasteiger partial charge in [-0.2, -0.15) is 4.98 Å². The number of likely N-dealkylation sites (N-methyl/N-ethyl adjacent to an activating group) is 1. The van der Waals surface area contributed by atoms with E-state index < -0.39 is 4.92 Å². The topological polar surface area (TPSA) is 119 Å². The van der Waals surface area contributed by atoms with E-state index in [4.69, 9.17) is 10.6 Å². The van der Waals surface area contributed by atoms with Crippen molar-refractivity contribution in [1.82, 2.24) is 9.97 Å². The SMILES string of the molecule is CCOCCN(CC)c1nc(NN)ncc1[N+](=O)[O-]. The Labute approximate surface area is 110 Å². The van der Waals surface area contributed by atoms with E-state index in [0.717, 1.165) is 6.20 Å². The highest BCUT2D eigenvalue weighted by atomic mass is 16.6. The van der Waals surface area contributed by atoms with E-state index in [1.54, 1.807) is 4.90 Å². The van der Waals surface area contributed by atoms with E-state index in [0.29, 0.717) is 26.3 Å². The predicted molar refractivity (Wildman–Crippen MR) is 70.9 cm³/mol. The Bertz CT molecular complexity index is 428. The van der Waals surface area contributed by atoms with E-state index >= 15 is 0 Å². The number of nitrogens with two attached hydrogens (primary N) is 1. The molecule has 106 valence electrons. The van der Waals surface area contributed by atoms with Crippen LogP contribution in [-0.2, 0) is 4.74 Å². The number of anilines is 2. The van der Waals surface area contributed by atoms with Crippen LogP contribution in [-0.4, -0.2) is 41.2 Å². The van der Waals surface area contributed by atoms with Crippen molar-refractivity contribution >= 4 is 17.5 Å². The van der Waals surface area contributed by atoms with Gasteiger partial charge in [-0.25, -0.2) is 10.8 Å². The molecule has 0 bridgehead atoms. The fourth-order valence-corrected chi connectivity index (χ4v) is 1.53. The summed E-state index contributed by atoms with van der Waals surface area (Å²) >= 11 is 0. The number of aromatic nitrogens is 2. The molecule has 0 fully saturated rings. The second-order valence-electron chi connectivity index (χ2n) is 3.58. The summed E-state index contributed by atoms with van der Waals surface area (Å²) in [6.07, 6.45) is 1.14. The minimum Gasteiger partial charge on any atom is -0.380 e. The average Bonchev–Trinajstić information content (AvgIpc) is 2.43. The molecule has 0 unspecified atom stereocenters. The molecule has 0 saturated carbocycles. The zero-order valence-electron chi connectivity index (χ0n) is 11.0. The molecule has 1 aromatic rings. The first-order chi connectivity index (χ1) is 9.13. The highest BCUT2D eigenvalue weighted by Crippen LogP contribution is 2.25. The van der Waals surface area contributed by atoms with Gasteiger partial charge in [0.05, 0.1) is 11.5 Å². The van der Waals surface area contributed by atoms with Crippen LogP contribution < -0.4 is 16.2 Å². The molecule has 1 aromatic heterocycles. The molecule has 0 atom stereocenters. The van der Waals surface area contributed by atoms with E-state index in [2.05, 4.69) is 15.4 Å². The summed E-state index contributed by atoms with van der Waals surface area (Å²) in [6.45, 7) is 5.91. The van der Waals surface area contributed by atoms with Gasteiger partial charge in [-0.15, -0.1) is 0 Å². The number of hydrogen-bond donors (Lipinski definition) is 2. The van der Waals surface area contributed by atoms with E-state index in [-0.39, 0.29) is 17.5 Å². The number of nitrogen functional groups attached to an aromatic ring is 1. The highest BCUT2D eigenvalue weighted by Gasteiger charge is 2.21. The zero-order valence-corrected chi connectivity index (χ0v) is 11.0. The molecule has 0 aliphatic heterocycles. The predicted octanol–water partition coefficient (Wildman–Crippen LogP) is 0.533. The number of nitrogens with zero attached hydrogens (tertiary/aromatic N) is 4. The maximum absolute atomic E-state index is 11.0. The van der Waals surface area contributed by atoms with Gasteiger partial charge in [0.2, 0.25) is 11.8 Å². The lowest BCUT2D eigenvalue weighted by Gasteiger charge is -2.21. The lowest BCUT2D eigenvalue weighted by Crippen LogP contribution is -2.29. The fraction of sp³-hybridized carbons (Fsp3) is 0.600. The van der Waals surface area contributed by atoms with Crippen LogP contribution in [0.3, 0.4) is 0 Å². The molecule has 0 amide bonds. The van der Waals surface area contributed by atoms with Gasteiger partial charge in [0.25, 0.3) is 0 Å². The van der Waals surface area contributed by atoms with E-state index in [1.807, 2.05) is 13.8 Å². The monoisotopic (exact) mass is 270 g/mol. The third-order valence-corrected chi connectivity index (χ3v) is 2.47. The first-order valence-electron chi connectivity index (χ1n) is 5.94. The van der Waals surface area contributed by atoms with Crippen molar-refractivity contribution < 1.29 is 9.66 Å². The van der Waals surface area contributed by atoms with Crippen LogP contribution in [0.25, 0.3) is 0 Å². The maximum Gasteiger partial charge on any atom is 0.329 e. The largest absolute Gasteiger partial charge is 0.380 e. The van der Waals surface area contributed by atoms with Gasteiger partial charge < -0.3 is 9.64 Å². The lowest BCUT2D eigenvalue weighted by atomic mass is 10.4. The quantitative estimate of drug-likeness (QED) is 0.304. The molecule has 0 aromatic carbocycles. The molecule has 0 aliphatic rings. The molecule has 19 heavy (non-hydrogen) atoms. The first kappa shape index (κ1) is 15.1. The summed E-state index contributed by atoms with van der Waals surface area (Å²) in [4.78, 5) is 20.0. The zero-order chi connectivity index (χ0) is 14.3. The van der Waals surface area contributed by atoms with Crippen molar-refractivity contribution in [2.45, 2.75) is 13.8 Å². The van der Waals surface area contributed by atoms with Crippen molar-refractivity contribution in [2.24, 2.45) is 5.84 Å². The van der Waals surface area contributed by atoms with Crippen LogP contribution in [0.1, 0.15) is 13.8 Å². The van der Waals surface area contributed by atoms with Crippen LogP contribution in [0.15, 0.2) is 6.20 Å². The second kappa shape index (κ2) is 7.44. The lowest BCUT2D eigenvalue weighted by molar-refractivity contribution is -0.384. The van der Waals surface area contributed by atoms with E-state index in [1.165, 1.54) is 0 Å². The van der Waals surface area contributed by atoms with Crippen LogP contribution in [0.5, 0.6) is 0 Å². The smallest absolute Gasteiger partial charge is 0.329 e. The molecule has 0 radical (unpaired) electrons. The standard InChI is InChI=1S/C10H18N6O3/c1-3-15(5-6-19-4-2)9-8(16(17)18)7-12-10(13-9)14-11/h7H,3-6,11H2,1-2H3,(H,12,13,14). The Balaban J connectivity index is 3.01. The summed E-state index contributed by atoms with van der Waals surface area (Å²) < 4.78 is 5.25. The Morgan fingerprint density at radius 3 is 2.84 bits per heavy atom. The second-order valence-corrected chi connectivity index (χ2v) is 3.58. The van der Waals surface area contributed by atoms with Gasteiger partial charge >= 0.3 is 5.69 Å². The number of rotatable bonds is 8. The molecule has 0 spiro atoms. The average molecular weight is 270 g/mol. The van der Waals surface area contributed by atoms with Crippen LogP contribution in [0.2, 0.25) is 0 Å². The third-order valence-electron chi connectivity index (χ3n) is 2.47. The molecule has 1 heterocycles. The van der Waals surface area contributed by atoms with Crippen molar-refractivity contribution in [2.75, 3.05) is 36.6 Å². The summed E-state index contributed by atoms with van der Waals surface area (Å²) in [5.74, 6) is 5.59. The van der Waals surface area contributed by atoms with Crippen molar-refractivity contribution in [3.05, 3.63) is 16.3 Å². The molecule has 9 heteroatoms. The Hall–Kier alpha value is -2.00. The van der Waals surface area contributed by atoms with Gasteiger partial charge in [-0.1, -0.05) is 0 Å². The number of ether oxygens (including phenoxy) is 1. The molecule has 0 aliphatic carbocycles. The summed E-state index contributed by atoms with van der Waals surface area (Å²) in [5.41, 5.74) is 2.12. The van der Waals surface area contributed by atoms with Crippen LogP contribution >= 0.6 is 0 Å². The van der Waals surface area contributed by atoms with Crippen molar-refractivity contribution in [3.63, 3.8) is 0 Å². The summed E-state index contributed by atoms with van der Waals surface area (Å²) in [6, 6.07) is 0. The minimum atomic E-state index is -0.515. The van der Waals surface area contributed by atoms with Crippen LogP contribution in [0, 0.1) is 10.1 Å². The third kappa shape index (κ3) is 4.00. The van der Waals surface area contributed by atoms with Gasteiger partial charge in [0.15, 0.2) is 0 Å². The molecule has 1 rings (SSSR count). The molecule has 0 saturated heterocycles. The van der Waals surface area contributed by atoms with Gasteiger partial charge in [0.1, 0.15) is 6.20 Å². The van der Waals surface area contributed by atoms with Crippen LogP contribution in [0.4, 0.5) is 17.5 Å². The highest BCUT2D eigenvalue weighted by molar-refractivity contribution is 5.58. The molecule has 3 N–H and O–H groups in total. The van der Waals surface area contributed by atoms with Gasteiger partial charge in [0, 0.05) is 19.7 Å². The summed E-state index contributed by atoms with van der Waals surface area (Å²) in [7, 11) is 0. The fourth-order valence-electron chi connectivity index (χ4n) is 1.53. The summed E-state index contributed by atoms with van der Waals surface area (Å²) in [5, 5.41) is 11.0. The molecule has 9 nitrogen and oxygen atoms in total. The molecular formula is C10H18N6O3. The van der Waals surface area contributed by atoms with Gasteiger partial charge in [-0.3, -0.25) is 15.5 Å². The first-order valence-corrected chi connectivity index (χ1v) is 5.94. The molecular weight excluding hydrogens is 252 g/mol. The Morgan fingerprint density at radius 2 is 2.32 bits per heavy atom. The maximum atomic E-state index is 11.0. The van der Waals surface area contributed by atoms with E-state index in [9.17, 15) is 10.1 Å². The van der Waals surface area contributed by atoms with Gasteiger partial charge in [-0.05, 0) is 13.8 Å². The minimum absolute atomic E-state index is 0.135.